The molecule has 2 heteroatoms. The molecule has 1 unspecified atom stereocenters. The number of hydrogen-bond donors (Lipinski definition) is 1. The Bertz CT molecular complexity index is 125. The van der Waals surface area contributed by atoms with Crippen molar-refractivity contribution in [3.63, 3.8) is 0 Å². The first kappa shape index (κ1) is 12.4. The van der Waals surface area contributed by atoms with Crippen molar-refractivity contribution in [2.75, 3.05) is 0 Å². The number of nitrogens with two attached hydrogens (primary N) is 1. The summed E-state index contributed by atoms with van der Waals surface area (Å²) < 4.78 is 0. The highest BCUT2D eigenvalue weighted by molar-refractivity contribution is 7.61. The Balaban J connectivity index is 4.70. The molecule has 0 saturated carbocycles. The van der Waals surface area contributed by atoms with Crippen LogP contribution in [0.2, 0.25) is 0 Å². The van der Waals surface area contributed by atoms with Crippen LogP contribution in [0, 0.1) is 0 Å². The number of hydrogen-bond acceptors (Lipinski definition) is 1. The van der Waals surface area contributed by atoms with Crippen molar-refractivity contribution in [1.82, 2.24) is 0 Å². The Labute approximate surface area is 78.9 Å². The molecular formula is C10H24NP. The van der Waals surface area contributed by atoms with Crippen LogP contribution in [0.1, 0.15) is 48.5 Å². The molecule has 0 aliphatic carbocycles. The first-order valence-electron chi connectivity index (χ1n) is 4.62. The maximum Gasteiger partial charge on any atom is 0.0223 e. The van der Waals surface area contributed by atoms with Gasteiger partial charge in [0.1, 0.15) is 0 Å². The Hall–Kier alpha value is 0.390. The van der Waals surface area contributed by atoms with E-state index in [0.717, 1.165) is 0 Å². The summed E-state index contributed by atoms with van der Waals surface area (Å²) in [5.74, 6) is 0.333. The molecule has 0 aromatic carbocycles. The molecule has 0 radical (unpaired) electrons. The van der Waals surface area contributed by atoms with Crippen molar-refractivity contribution in [3.8, 4) is 0 Å². The summed E-state index contributed by atoms with van der Waals surface area (Å²) in [5.41, 5.74) is 6.04. The molecule has 0 aromatic rings. The van der Waals surface area contributed by atoms with Crippen LogP contribution in [0.4, 0.5) is 0 Å². The van der Waals surface area contributed by atoms with Gasteiger partial charge < -0.3 is 5.73 Å². The minimum absolute atomic E-state index is 0.124. The topological polar surface area (TPSA) is 26.0 Å². The van der Waals surface area contributed by atoms with Gasteiger partial charge in [-0.3, -0.25) is 0 Å². The lowest BCUT2D eigenvalue weighted by Crippen LogP contribution is -2.34. The first-order valence-corrected chi connectivity index (χ1v) is 6.03. The van der Waals surface area contributed by atoms with Crippen LogP contribution in [0.3, 0.4) is 0 Å². The van der Waals surface area contributed by atoms with Gasteiger partial charge in [0.05, 0.1) is 0 Å². The molecule has 0 bridgehead atoms. The molecule has 0 amide bonds. The molecule has 12 heavy (non-hydrogen) atoms. The zero-order valence-electron chi connectivity index (χ0n) is 9.60. The first-order chi connectivity index (χ1) is 5.07. The van der Waals surface area contributed by atoms with Crippen molar-refractivity contribution >= 4 is 7.92 Å². The van der Waals surface area contributed by atoms with Crippen molar-refractivity contribution in [2.24, 2.45) is 5.73 Å². The van der Waals surface area contributed by atoms with E-state index in [1.807, 2.05) is 0 Å². The molecule has 74 valence electrons. The monoisotopic (exact) mass is 189 g/mol. The minimum atomic E-state index is -0.124. The van der Waals surface area contributed by atoms with Gasteiger partial charge in [-0.1, -0.05) is 49.5 Å². The largest absolute Gasteiger partial charge is 0.324 e. The van der Waals surface area contributed by atoms with Gasteiger partial charge in [-0.25, -0.2) is 0 Å². The Morgan fingerprint density at radius 3 is 1.17 bits per heavy atom. The van der Waals surface area contributed by atoms with E-state index in [9.17, 15) is 0 Å². The molecule has 0 fully saturated rings. The molecule has 0 aromatic heterocycles. The predicted octanol–water partition coefficient (Wildman–Crippen LogP) is 3.37. The Morgan fingerprint density at radius 1 is 0.917 bits per heavy atom. The summed E-state index contributed by atoms with van der Waals surface area (Å²) in [4.78, 5) is 0. The van der Waals surface area contributed by atoms with Crippen LogP contribution in [0.25, 0.3) is 0 Å². The van der Waals surface area contributed by atoms with Gasteiger partial charge in [0, 0.05) is 5.78 Å². The van der Waals surface area contributed by atoms with Crippen LogP contribution < -0.4 is 5.73 Å². The van der Waals surface area contributed by atoms with Crippen LogP contribution in [0.15, 0.2) is 0 Å². The minimum Gasteiger partial charge on any atom is -0.324 e. The fourth-order valence-electron chi connectivity index (χ4n) is 2.23. The maximum absolute atomic E-state index is 6.04. The summed E-state index contributed by atoms with van der Waals surface area (Å²) in [5, 5.41) is 0.726. The van der Waals surface area contributed by atoms with E-state index >= 15 is 0 Å². The average Bonchev–Trinajstić information content (AvgIpc) is 1.49. The molecule has 0 saturated heterocycles. The summed E-state index contributed by atoms with van der Waals surface area (Å²) >= 11 is 0. The number of rotatable bonds is 1. The van der Waals surface area contributed by atoms with Crippen molar-refractivity contribution in [2.45, 2.75) is 64.6 Å². The summed E-state index contributed by atoms with van der Waals surface area (Å²) in [6.45, 7) is 15.9. The lowest BCUT2D eigenvalue weighted by molar-refractivity contribution is 0.688. The lowest BCUT2D eigenvalue weighted by atomic mass is 10.2. The van der Waals surface area contributed by atoms with E-state index in [1.165, 1.54) is 0 Å². The van der Waals surface area contributed by atoms with Gasteiger partial charge in [-0.2, -0.15) is 0 Å². The molecule has 0 heterocycles. The van der Waals surface area contributed by atoms with Crippen LogP contribution in [-0.4, -0.2) is 16.1 Å². The lowest BCUT2D eigenvalue weighted by Gasteiger charge is -2.44. The highest BCUT2D eigenvalue weighted by atomic mass is 31.1. The van der Waals surface area contributed by atoms with Crippen molar-refractivity contribution in [3.05, 3.63) is 0 Å². The normalized spacial score (nSPS) is 16.8. The SMILES string of the molecule is CC(N)P(C(C)(C)C)C(C)(C)C. The summed E-state index contributed by atoms with van der Waals surface area (Å²) in [7, 11) is -0.124. The second kappa shape index (κ2) is 3.64. The Morgan fingerprint density at radius 2 is 1.17 bits per heavy atom. The van der Waals surface area contributed by atoms with E-state index in [-0.39, 0.29) is 7.92 Å². The van der Waals surface area contributed by atoms with Gasteiger partial charge in [-0.15, -0.1) is 0 Å². The average molecular weight is 189 g/mol. The standard InChI is InChI=1S/C10H24NP/c1-8(11)12(9(2,3)4)10(5,6)7/h8H,11H2,1-7H3. The van der Waals surface area contributed by atoms with Gasteiger partial charge in [0.2, 0.25) is 0 Å². The zero-order valence-corrected chi connectivity index (χ0v) is 10.5. The highest BCUT2D eigenvalue weighted by Crippen LogP contribution is 2.60. The third-order valence-corrected chi connectivity index (χ3v) is 5.56. The highest BCUT2D eigenvalue weighted by Gasteiger charge is 2.36. The molecule has 1 nitrogen and oxygen atoms in total. The fraction of sp³-hybridized carbons (Fsp3) is 1.00. The fourth-order valence-corrected chi connectivity index (χ4v) is 6.68. The molecular weight excluding hydrogens is 165 g/mol. The van der Waals surface area contributed by atoms with E-state index in [1.54, 1.807) is 0 Å². The van der Waals surface area contributed by atoms with Crippen LogP contribution in [0.5, 0.6) is 0 Å². The van der Waals surface area contributed by atoms with Crippen LogP contribution >= 0.6 is 7.92 Å². The molecule has 2 N–H and O–H groups in total. The molecule has 0 spiro atoms. The third-order valence-electron chi connectivity index (χ3n) is 1.85. The van der Waals surface area contributed by atoms with E-state index in [2.05, 4.69) is 48.5 Å². The smallest absolute Gasteiger partial charge is 0.0223 e. The second-order valence-corrected chi connectivity index (χ2v) is 9.69. The summed E-state index contributed by atoms with van der Waals surface area (Å²) in [6.07, 6.45) is 0. The maximum atomic E-state index is 6.04. The van der Waals surface area contributed by atoms with E-state index in [4.69, 9.17) is 5.73 Å². The third kappa shape index (κ3) is 3.41. The van der Waals surface area contributed by atoms with Gasteiger partial charge in [0.25, 0.3) is 0 Å². The van der Waals surface area contributed by atoms with Gasteiger partial charge >= 0.3 is 0 Å². The second-order valence-electron chi connectivity index (χ2n) is 5.45. The molecule has 0 rings (SSSR count). The van der Waals surface area contributed by atoms with Crippen molar-refractivity contribution in [1.29, 1.82) is 0 Å². The van der Waals surface area contributed by atoms with Gasteiger partial charge in [0.15, 0.2) is 0 Å². The molecule has 1 atom stereocenters. The summed E-state index contributed by atoms with van der Waals surface area (Å²) in [6, 6.07) is 0. The zero-order chi connectivity index (χ0) is 10.2. The Kier molecular flexibility index (Phi) is 3.75. The van der Waals surface area contributed by atoms with Crippen LogP contribution in [-0.2, 0) is 0 Å². The van der Waals surface area contributed by atoms with Crippen molar-refractivity contribution < 1.29 is 0 Å². The predicted molar refractivity (Wildman–Crippen MR) is 60.1 cm³/mol. The quantitative estimate of drug-likeness (QED) is 0.629. The van der Waals surface area contributed by atoms with E-state index in [0.29, 0.717) is 16.1 Å². The molecule has 0 aliphatic heterocycles. The van der Waals surface area contributed by atoms with Gasteiger partial charge in [-0.05, 0) is 17.2 Å². The van der Waals surface area contributed by atoms with E-state index < -0.39 is 0 Å². The molecule has 0 aliphatic rings.